The average molecular weight is 296 g/mol. The van der Waals surface area contributed by atoms with Crippen LogP contribution in [0.15, 0.2) is 12.4 Å². The molecule has 1 fully saturated rings. The summed E-state index contributed by atoms with van der Waals surface area (Å²) in [6.45, 7) is 1.77. The maximum Gasteiger partial charge on any atom is 0.238 e. The Balaban J connectivity index is 0.00000162. The van der Waals surface area contributed by atoms with Crippen molar-refractivity contribution in [3.8, 4) is 0 Å². The van der Waals surface area contributed by atoms with Gasteiger partial charge in [-0.2, -0.15) is 5.10 Å². The third-order valence-corrected chi connectivity index (χ3v) is 3.37. The van der Waals surface area contributed by atoms with Crippen molar-refractivity contribution < 1.29 is 8.42 Å². The Bertz CT molecular complexity index is 436. The van der Waals surface area contributed by atoms with Gasteiger partial charge in [0.25, 0.3) is 0 Å². The summed E-state index contributed by atoms with van der Waals surface area (Å²) in [7, 11) is -0.959. The van der Waals surface area contributed by atoms with Crippen LogP contribution < -0.4 is 15.2 Å². The smallest absolute Gasteiger partial charge is 0.238 e. The van der Waals surface area contributed by atoms with Crippen LogP contribution in [-0.2, 0) is 17.9 Å². The highest BCUT2D eigenvalue weighted by Crippen LogP contribution is 2.12. The molecule has 1 aliphatic heterocycles. The van der Waals surface area contributed by atoms with Crippen LogP contribution in [-0.4, -0.2) is 37.3 Å². The Kier molecular flexibility index (Phi) is 5.86. The van der Waals surface area contributed by atoms with Crippen molar-refractivity contribution in [3.05, 3.63) is 12.4 Å². The van der Waals surface area contributed by atoms with Crippen LogP contribution >= 0.6 is 12.4 Å². The van der Waals surface area contributed by atoms with E-state index in [-0.39, 0.29) is 18.4 Å². The van der Waals surface area contributed by atoms with E-state index in [4.69, 9.17) is 0 Å². The fourth-order valence-electron chi connectivity index (χ4n) is 1.87. The van der Waals surface area contributed by atoms with Gasteiger partial charge in [0, 0.05) is 19.6 Å². The SMILES string of the molecule is Cl.Cn1cc(N(N[C@H]2CCCNC2)[SH](=O)=O)cn1. The summed E-state index contributed by atoms with van der Waals surface area (Å²) in [5.41, 5.74) is 3.54. The van der Waals surface area contributed by atoms with E-state index in [1.54, 1.807) is 17.9 Å². The Labute approximate surface area is 114 Å². The molecule has 1 aromatic heterocycles. The molecule has 2 rings (SSSR count). The van der Waals surface area contributed by atoms with Gasteiger partial charge in [-0.1, -0.05) is 0 Å². The summed E-state index contributed by atoms with van der Waals surface area (Å²) >= 11 is 0. The molecule has 9 heteroatoms. The van der Waals surface area contributed by atoms with Gasteiger partial charge >= 0.3 is 0 Å². The molecule has 0 spiro atoms. The first-order valence-electron chi connectivity index (χ1n) is 5.57. The Morgan fingerprint density at radius 3 is 2.89 bits per heavy atom. The second-order valence-corrected chi connectivity index (χ2v) is 4.97. The molecular weight excluding hydrogens is 278 g/mol. The van der Waals surface area contributed by atoms with Gasteiger partial charge in [0.2, 0.25) is 10.9 Å². The van der Waals surface area contributed by atoms with E-state index in [1.165, 1.54) is 10.6 Å². The summed E-state index contributed by atoms with van der Waals surface area (Å²) in [4.78, 5) is 0. The minimum Gasteiger partial charge on any atom is -0.315 e. The molecule has 7 nitrogen and oxygen atoms in total. The highest BCUT2D eigenvalue weighted by Gasteiger charge is 2.18. The highest BCUT2D eigenvalue weighted by atomic mass is 35.5. The summed E-state index contributed by atoms with van der Waals surface area (Å²) in [6.07, 6.45) is 5.20. The van der Waals surface area contributed by atoms with E-state index in [2.05, 4.69) is 15.8 Å². The molecule has 1 saturated heterocycles. The lowest BCUT2D eigenvalue weighted by molar-refractivity contribution is 0.397. The van der Waals surface area contributed by atoms with E-state index in [0.29, 0.717) is 5.69 Å². The van der Waals surface area contributed by atoms with Gasteiger partial charge in [0.05, 0.1) is 12.4 Å². The second-order valence-electron chi connectivity index (χ2n) is 4.09. The standard InChI is InChI=1S/C9H17N5O2S.ClH/c1-13-7-9(6-11-13)14(17(15)16)12-8-3-2-4-10-5-8;/h6-8,10,12,17H,2-5H2,1H3;1H/t8-;/m0./s1. The predicted octanol–water partition coefficient (Wildman–Crippen LogP) is -0.569. The molecular formula is C9H18ClN5O2S. The van der Waals surface area contributed by atoms with Gasteiger partial charge in [-0.15, -0.1) is 12.4 Å². The zero-order valence-electron chi connectivity index (χ0n) is 10.1. The molecule has 0 aromatic carbocycles. The number of nitrogens with zero attached hydrogens (tertiary/aromatic N) is 3. The Hall–Kier alpha value is -0.830. The molecule has 104 valence electrons. The Morgan fingerprint density at radius 1 is 1.61 bits per heavy atom. The molecule has 0 bridgehead atoms. The van der Waals surface area contributed by atoms with Crippen LogP contribution in [0.3, 0.4) is 0 Å². The van der Waals surface area contributed by atoms with E-state index in [0.717, 1.165) is 25.9 Å². The van der Waals surface area contributed by atoms with Crippen LogP contribution in [0, 0.1) is 0 Å². The van der Waals surface area contributed by atoms with Crippen molar-refractivity contribution in [2.75, 3.05) is 17.5 Å². The van der Waals surface area contributed by atoms with Gasteiger partial charge in [0.1, 0.15) is 5.69 Å². The largest absolute Gasteiger partial charge is 0.315 e. The van der Waals surface area contributed by atoms with Crippen LogP contribution in [0.2, 0.25) is 0 Å². The first-order valence-corrected chi connectivity index (χ1v) is 6.70. The molecule has 2 heterocycles. The topological polar surface area (TPSA) is 79.3 Å². The fourth-order valence-corrected chi connectivity index (χ4v) is 2.42. The molecule has 0 amide bonds. The Morgan fingerprint density at radius 2 is 2.39 bits per heavy atom. The van der Waals surface area contributed by atoms with Gasteiger partial charge in [0.15, 0.2) is 0 Å². The quantitative estimate of drug-likeness (QED) is 0.512. The third kappa shape index (κ3) is 3.84. The summed E-state index contributed by atoms with van der Waals surface area (Å²) in [6, 6.07) is 0.136. The number of hydrogen-bond donors (Lipinski definition) is 3. The van der Waals surface area contributed by atoms with Gasteiger partial charge < -0.3 is 5.32 Å². The maximum absolute atomic E-state index is 11.2. The molecule has 2 N–H and O–H groups in total. The lowest BCUT2D eigenvalue weighted by atomic mass is 10.1. The minimum atomic E-state index is -2.71. The molecule has 1 aromatic rings. The lowest BCUT2D eigenvalue weighted by Crippen LogP contribution is -2.50. The number of hydrazine groups is 1. The molecule has 0 aliphatic carbocycles. The van der Waals surface area contributed by atoms with Gasteiger partial charge in [-0.05, 0) is 19.4 Å². The number of anilines is 1. The lowest BCUT2D eigenvalue weighted by Gasteiger charge is -2.28. The number of rotatable bonds is 4. The maximum atomic E-state index is 11.2. The van der Waals surface area contributed by atoms with Crippen LogP contribution in [0.25, 0.3) is 0 Å². The van der Waals surface area contributed by atoms with Crippen molar-refractivity contribution in [2.45, 2.75) is 18.9 Å². The summed E-state index contributed by atoms with van der Waals surface area (Å²) < 4.78 is 25.2. The molecule has 0 saturated carbocycles. The minimum absolute atomic E-state index is 0. The summed E-state index contributed by atoms with van der Waals surface area (Å²) in [5, 5.41) is 7.19. The van der Waals surface area contributed by atoms with Crippen molar-refractivity contribution in [1.82, 2.24) is 20.5 Å². The first kappa shape index (κ1) is 15.2. The summed E-state index contributed by atoms with van der Waals surface area (Å²) in [5.74, 6) is 0. The molecule has 1 atom stereocenters. The number of halogens is 1. The number of hydrogen-bond acceptors (Lipinski definition) is 5. The normalized spacial score (nSPS) is 19.6. The van der Waals surface area contributed by atoms with E-state index < -0.39 is 10.9 Å². The fraction of sp³-hybridized carbons (Fsp3) is 0.667. The first-order chi connectivity index (χ1) is 8.16. The number of piperidine rings is 1. The van der Waals surface area contributed by atoms with Crippen LogP contribution in [0.4, 0.5) is 5.69 Å². The number of aromatic nitrogens is 2. The molecule has 1 aliphatic rings. The van der Waals surface area contributed by atoms with E-state index >= 15 is 0 Å². The van der Waals surface area contributed by atoms with Crippen molar-refractivity contribution in [2.24, 2.45) is 7.05 Å². The van der Waals surface area contributed by atoms with Gasteiger partial charge in [-0.25, -0.2) is 18.3 Å². The highest BCUT2D eigenvalue weighted by molar-refractivity contribution is 7.73. The van der Waals surface area contributed by atoms with Crippen molar-refractivity contribution in [3.63, 3.8) is 0 Å². The van der Waals surface area contributed by atoms with Crippen LogP contribution in [0.5, 0.6) is 0 Å². The molecule has 0 radical (unpaired) electrons. The number of thiol groups is 1. The third-order valence-electron chi connectivity index (χ3n) is 2.70. The average Bonchev–Trinajstić information content (AvgIpc) is 2.73. The predicted molar refractivity (Wildman–Crippen MR) is 72.3 cm³/mol. The molecule has 18 heavy (non-hydrogen) atoms. The number of aryl methyl sites for hydroxylation is 1. The van der Waals surface area contributed by atoms with Gasteiger partial charge in [-0.3, -0.25) is 4.68 Å². The monoisotopic (exact) mass is 295 g/mol. The van der Waals surface area contributed by atoms with Crippen LogP contribution in [0.1, 0.15) is 12.8 Å². The molecule has 0 unspecified atom stereocenters. The second kappa shape index (κ2) is 6.93. The zero-order valence-corrected chi connectivity index (χ0v) is 11.8. The van der Waals surface area contributed by atoms with Crippen molar-refractivity contribution >= 4 is 29.0 Å². The number of nitrogens with one attached hydrogen (secondary N) is 2. The van der Waals surface area contributed by atoms with E-state index in [1.807, 2.05) is 0 Å². The van der Waals surface area contributed by atoms with E-state index in [9.17, 15) is 8.42 Å². The zero-order chi connectivity index (χ0) is 12.3. The van der Waals surface area contributed by atoms with Crippen molar-refractivity contribution in [1.29, 1.82) is 0 Å².